The van der Waals surface area contributed by atoms with Crippen molar-refractivity contribution in [2.45, 2.75) is 32.2 Å². The SMILES string of the molecule is CCC1C(=O)NC(=O)CN1S(=O)(=O)N1CCCC1. The topological polar surface area (TPSA) is 86.8 Å². The van der Waals surface area contributed by atoms with Crippen LogP contribution in [0.4, 0.5) is 0 Å². The van der Waals surface area contributed by atoms with E-state index in [4.69, 9.17) is 0 Å². The van der Waals surface area contributed by atoms with E-state index < -0.39 is 28.1 Å². The molecule has 2 rings (SSSR count). The molecule has 0 saturated carbocycles. The number of piperazine rings is 1. The maximum Gasteiger partial charge on any atom is 0.283 e. The average Bonchev–Trinajstić information content (AvgIpc) is 2.82. The maximum atomic E-state index is 12.4. The van der Waals surface area contributed by atoms with E-state index in [0.717, 1.165) is 17.1 Å². The normalized spacial score (nSPS) is 27.5. The van der Waals surface area contributed by atoms with Crippen molar-refractivity contribution in [3.05, 3.63) is 0 Å². The molecule has 2 fully saturated rings. The van der Waals surface area contributed by atoms with Crippen molar-refractivity contribution < 1.29 is 18.0 Å². The number of carbonyl (C=O) groups excluding carboxylic acids is 2. The molecule has 1 unspecified atom stereocenters. The molecule has 0 radical (unpaired) electrons. The molecule has 0 aromatic heterocycles. The van der Waals surface area contributed by atoms with Crippen LogP contribution in [0.1, 0.15) is 26.2 Å². The molecule has 8 heteroatoms. The van der Waals surface area contributed by atoms with Crippen LogP contribution < -0.4 is 5.32 Å². The standard InChI is InChI=1S/C10H17N3O4S/c1-2-8-10(15)11-9(14)7-13(8)18(16,17)12-5-3-4-6-12/h8H,2-7H2,1H3,(H,11,14,15). The van der Waals surface area contributed by atoms with Gasteiger partial charge < -0.3 is 0 Å². The molecule has 7 nitrogen and oxygen atoms in total. The fourth-order valence-electron chi connectivity index (χ4n) is 2.34. The van der Waals surface area contributed by atoms with Gasteiger partial charge >= 0.3 is 0 Å². The van der Waals surface area contributed by atoms with E-state index in [9.17, 15) is 18.0 Å². The first-order valence-corrected chi connectivity index (χ1v) is 7.47. The average molecular weight is 275 g/mol. The van der Waals surface area contributed by atoms with Crippen molar-refractivity contribution in [2.24, 2.45) is 0 Å². The highest BCUT2D eigenvalue weighted by atomic mass is 32.2. The monoisotopic (exact) mass is 275 g/mol. The minimum atomic E-state index is -3.70. The van der Waals surface area contributed by atoms with Gasteiger partial charge in [-0.1, -0.05) is 6.92 Å². The highest BCUT2D eigenvalue weighted by Gasteiger charge is 2.42. The molecule has 2 aliphatic rings. The van der Waals surface area contributed by atoms with Crippen molar-refractivity contribution in [2.75, 3.05) is 19.6 Å². The molecule has 2 aliphatic heterocycles. The summed E-state index contributed by atoms with van der Waals surface area (Å²) >= 11 is 0. The molecule has 0 aromatic rings. The summed E-state index contributed by atoms with van der Waals surface area (Å²) in [6, 6.07) is -0.784. The van der Waals surface area contributed by atoms with Gasteiger partial charge in [-0.15, -0.1) is 0 Å². The van der Waals surface area contributed by atoms with E-state index >= 15 is 0 Å². The lowest BCUT2D eigenvalue weighted by atomic mass is 10.2. The Balaban J connectivity index is 2.28. The first kappa shape index (κ1) is 13.4. The Morgan fingerprint density at radius 2 is 1.89 bits per heavy atom. The number of nitrogens with zero attached hydrogens (tertiary/aromatic N) is 2. The molecular formula is C10H17N3O4S. The van der Waals surface area contributed by atoms with Gasteiger partial charge in [0.2, 0.25) is 11.8 Å². The lowest BCUT2D eigenvalue weighted by Crippen LogP contribution is -2.61. The van der Waals surface area contributed by atoms with E-state index in [0.29, 0.717) is 19.5 Å². The second kappa shape index (κ2) is 4.94. The van der Waals surface area contributed by atoms with Crippen LogP contribution in [0.25, 0.3) is 0 Å². The smallest absolute Gasteiger partial charge is 0.283 e. The summed E-state index contributed by atoms with van der Waals surface area (Å²) < 4.78 is 27.1. The Bertz CT molecular complexity index is 456. The van der Waals surface area contributed by atoms with Crippen molar-refractivity contribution in [3.8, 4) is 0 Å². The fraction of sp³-hybridized carbons (Fsp3) is 0.800. The van der Waals surface area contributed by atoms with Gasteiger partial charge in [-0.05, 0) is 19.3 Å². The van der Waals surface area contributed by atoms with Crippen molar-refractivity contribution in [3.63, 3.8) is 0 Å². The number of nitrogens with one attached hydrogen (secondary N) is 1. The van der Waals surface area contributed by atoms with Gasteiger partial charge in [-0.25, -0.2) is 0 Å². The molecule has 102 valence electrons. The summed E-state index contributed by atoms with van der Waals surface area (Å²) in [5, 5.41) is 2.17. The lowest BCUT2D eigenvalue weighted by molar-refractivity contribution is -0.137. The third-order valence-corrected chi connectivity index (χ3v) is 5.28. The summed E-state index contributed by atoms with van der Waals surface area (Å²) in [6.07, 6.45) is 2.00. The van der Waals surface area contributed by atoms with Crippen LogP contribution >= 0.6 is 0 Å². The Morgan fingerprint density at radius 1 is 1.28 bits per heavy atom. The quantitative estimate of drug-likeness (QED) is 0.674. The largest absolute Gasteiger partial charge is 0.294 e. The van der Waals surface area contributed by atoms with E-state index in [1.54, 1.807) is 6.92 Å². The highest BCUT2D eigenvalue weighted by Crippen LogP contribution is 2.21. The second-order valence-electron chi connectivity index (χ2n) is 4.50. The van der Waals surface area contributed by atoms with Crippen LogP contribution in [-0.4, -0.2) is 54.5 Å². The molecule has 2 heterocycles. The van der Waals surface area contributed by atoms with Crippen molar-refractivity contribution >= 4 is 22.0 Å². The van der Waals surface area contributed by atoms with E-state index in [2.05, 4.69) is 5.32 Å². The number of amides is 2. The minimum absolute atomic E-state index is 0.275. The van der Waals surface area contributed by atoms with E-state index in [-0.39, 0.29) is 6.54 Å². The molecule has 18 heavy (non-hydrogen) atoms. The van der Waals surface area contributed by atoms with E-state index in [1.165, 1.54) is 4.31 Å². The zero-order valence-electron chi connectivity index (χ0n) is 10.3. The number of carbonyl (C=O) groups is 2. The van der Waals surface area contributed by atoms with Crippen LogP contribution in [0, 0.1) is 0 Å². The predicted molar refractivity (Wildman–Crippen MR) is 63.7 cm³/mol. The van der Waals surface area contributed by atoms with Crippen LogP contribution in [-0.2, 0) is 19.8 Å². The van der Waals surface area contributed by atoms with Gasteiger partial charge in [-0.2, -0.15) is 17.0 Å². The first-order valence-electron chi connectivity index (χ1n) is 6.07. The Morgan fingerprint density at radius 3 is 2.44 bits per heavy atom. The van der Waals surface area contributed by atoms with Crippen LogP contribution in [0.5, 0.6) is 0 Å². The first-order chi connectivity index (χ1) is 8.46. The van der Waals surface area contributed by atoms with Crippen LogP contribution in [0.15, 0.2) is 0 Å². The summed E-state index contributed by atoms with van der Waals surface area (Å²) in [5.41, 5.74) is 0. The number of rotatable bonds is 3. The second-order valence-corrected chi connectivity index (χ2v) is 6.38. The molecule has 0 spiro atoms. The van der Waals surface area contributed by atoms with Gasteiger partial charge in [0.25, 0.3) is 10.2 Å². The number of hydrogen-bond acceptors (Lipinski definition) is 4. The zero-order chi connectivity index (χ0) is 13.3. The molecule has 2 saturated heterocycles. The molecule has 1 atom stereocenters. The van der Waals surface area contributed by atoms with Gasteiger partial charge in [0.1, 0.15) is 6.04 Å². The Kier molecular flexibility index (Phi) is 3.69. The molecule has 0 aliphatic carbocycles. The van der Waals surface area contributed by atoms with Gasteiger partial charge in [-0.3, -0.25) is 14.9 Å². The Hall–Kier alpha value is -0.990. The third-order valence-electron chi connectivity index (χ3n) is 3.29. The molecule has 1 N–H and O–H groups in total. The number of imide groups is 1. The summed E-state index contributed by atoms with van der Waals surface area (Å²) in [4.78, 5) is 23.0. The van der Waals surface area contributed by atoms with Crippen molar-refractivity contribution in [1.29, 1.82) is 0 Å². The van der Waals surface area contributed by atoms with Crippen LogP contribution in [0.3, 0.4) is 0 Å². The van der Waals surface area contributed by atoms with Gasteiger partial charge in [0.05, 0.1) is 6.54 Å². The van der Waals surface area contributed by atoms with Gasteiger partial charge in [0.15, 0.2) is 0 Å². The summed E-state index contributed by atoms with van der Waals surface area (Å²) in [5.74, 6) is -1.09. The van der Waals surface area contributed by atoms with Crippen molar-refractivity contribution in [1.82, 2.24) is 13.9 Å². The molecule has 0 aromatic carbocycles. The highest BCUT2D eigenvalue weighted by molar-refractivity contribution is 7.86. The minimum Gasteiger partial charge on any atom is -0.294 e. The fourth-order valence-corrected chi connectivity index (χ4v) is 4.20. The zero-order valence-corrected chi connectivity index (χ0v) is 11.1. The van der Waals surface area contributed by atoms with Gasteiger partial charge in [0, 0.05) is 13.1 Å². The molecular weight excluding hydrogens is 258 g/mol. The van der Waals surface area contributed by atoms with E-state index in [1.807, 2.05) is 0 Å². The predicted octanol–water partition coefficient (Wildman–Crippen LogP) is -0.936. The summed E-state index contributed by atoms with van der Waals surface area (Å²) in [6.45, 7) is 2.38. The molecule has 2 amide bonds. The number of hydrogen-bond donors (Lipinski definition) is 1. The molecule has 0 bridgehead atoms. The summed E-state index contributed by atoms with van der Waals surface area (Å²) in [7, 11) is -3.70. The lowest BCUT2D eigenvalue weighted by Gasteiger charge is -2.34. The third kappa shape index (κ3) is 2.27. The Labute approximate surface area is 106 Å². The van der Waals surface area contributed by atoms with Crippen LogP contribution in [0.2, 0.25) is 0 Å². The maximum absolute atomic E-state index is 12.4.